The van der Waals surface area contributed by atoms with E-state index in [4.69, 9.17) is 16.3 Å². The number of carbonyl (C=O) groups excluding carboxylic acids is 1. The zero-order valence-electron chi connectivity index (χ0n) is 15.5. The van der Waals surface area contributed by atoms with Gasteiger partial charge in [-0.15, -0.1) is 0 Å². The summed E-state index contributed by atoms with van der Waals surface area (Å²) in [7, 11) is 0. The molecule has 0 unspecified atom stereocenters. The van der Waals surface area contributed by atoms with E-state index in [1.807, 2.05) is 44.2 Å². The van der Waals surface area contributed by atoms with Crippen LogP contribution in [0.1, 0.15) is 25.5 Å². The van der Waals surface area contributed by atoms with E-state index in [1.54, 1.807) is 4.90 Å². The summed E-state index contributed by atoms with van der Waals surface area (Å²) in [4.78, 5) is 22.5. The fourth-order valence-electron chi connectivity index (χ4n) is 3.01. The van der Waals surface area contributed by atoms with Crippen LogP contribution in [0.25, 0.3) is 0 Å². The molecule has 1 amide bonds. The average molecular weight is 390 g/mol. The number of aromatic nitrogens is 2. The van der Waals surface area contributed by atoms with Crippen LogP contribution in [0, 0.1) is 6.92 Å². The van der Waals surface area contributed by atoms with Crippen LogP contribution in [0.3, 0.4) is 0 Å². The predicted octanol–water partition coefficient (Wildman–Crippen LogP) is 4.21. The number of para-hydroxylation sites is 1. The van der Waals surface area contributed by atoms with Gasteiger partial charge in [0, 0.05) is 30.9 Å². The highest BCUT2D eigenvalue weighted by atomic mass is 35.5. The van der Waals surface area contributed by atoms with Gasteiger partial charge in [0.25, 0.3) is 0 Å². The number of hydrogen-bond donors (Lipinski definition) is 2. The minimum absolute atomic E-state index is 0.236. The van der Waals surface area contributed by atoms with Crippen LogP contribution in [0.2, 0.25) is 5.02 Å². The fraction of sp³-hybridized carbons (Fsp3) is 0.421. The lowest BCUT2D eigenvalue weighted by molar-refractivity contribution is 0.0983. The van der Waals surface area contributed by atoms with Gasteiger partial charge in [0.05, 0.1) is 17.3 Å². The number of benzene rings is 1. The molecule has 0 bridgehead atoms. The van der Waals surface area contributed by atoms with Crippen molar-refractivity contribution in [3.8, 4) is 0 Å². The second kappa shape index (κ2) is 8.90. The molecule has 1 aliphatic heterocycles. The summed E-state index contributed by atoms with van der Waals surface area (Å²) in [6.07, 6.45) is 1.45. The lowest BCUT2D eigenvalue weighted by atomic mass is 10.1. The van der Waals surface area contributed by atoms with E-state index in [1.165, 1.54) is 0 Å². The summed E-state index contributed by atoms with van der Waals surface area (Å²) >= 11 is 6.19. The molecule has 0 aliphatic carbocycles. The van der Waals surface area contributed by atoms with Gasteiger partial charge in [-0.1, -0.05) is 23.7 Å². The molecule has 1 aliphatic rings. The second-order valence-electron chi connectivity index (χ2n) is 6.43. The Morgan fingerprint density at radius 2 is 2.04 bits per heavy atom. The molecule has 0 radical (unpaired) electrons. The molecule has 2 heterocycles. The third-order valence-corrected chi connectivity index (χ3v) is 4.68. The molecule has 7 nitrogen and oxygen atoms in total. The van der Waals surface area contributed by atoms with Crippen molar-refractivity contribution in [1.29, 1.82) is 0 Å². The molecule has 3 rings (SSSR count). The fourth-order valence-corrected chi connectivity index (χ4v) is 3.19. The van der Waals surface area contributed by atoms with Crippen LogP contribution < -0.4 is 10.6 Å². The van der Waals surface area contributed by atoms with Gasteiger partial charge in [-0.2, -0.15) is 4.98 Å². The first-order valence-corrected chi connectivity index (χ1v) is 9.48. The Hall–Kier alpha value is -2.54. The predicted molar refractivity (Wildman–Crippen MR) is 107 cm³/mol. The molecule has 2 aromatic rings. The number of carbonyl (C=O) groups is 1. The van der Waals surface area contributed by atoms with E-state index in [0.29, 0.717) is 30.7 Å². The molecule has 0 atom stereocenters. The van der Waals surface area contributed by atoms with Gasteiger partial charge in [0.1, 0.15) is 5.82 Å². The number of nitrogens with zero attached hydrogens (tertiary/aromatic N) is 3. The first-order chi connectivity index (χ1) is 13.0. The highest BCUT2D eigenvalue weighted by molar-refractivity contribution is 6.33. The third-order valence-electron chi connectivity index (χ3n) is 4.35. The monoisotopic (exact) mass is 389 g/mol. The van der Waals surface area contributed by atoms with E-state index in [2.05, 4.69) is 20.6 Å². The smallest absolute Gasteiger partial charge is 0.409 e. The summed E-state index contributed by atoms with van der Waals surface area (Å²) in [5.41, 5.74) is 1.62. The van der Waals surface area contributed by atoms with Crippen molar-refractivity contribution in [2.45, 2.75) is 32.7 Å². The van der Waals surface area contributed by atoms with Gasteiger partial charge in [-0.05, 0) is 38.8 Å². The van der Waals surface area contributed by atoms with Gasteiger partial charge < -0.3 is 20.3 Å². The van der Waals surface area contributed by atoms with Crippen LogP contribution >= 0.6 is 11.6 Å². The molecule has 1 fully saturated rings. The molecule has 8 heteroatoms. The van der Waals surface area contributed by atoms with E-state index in [-0.39, 0.29) is 12.1 Å². The molecule has 1 aromatic heterocycles. The van der Waals surface area contributed by atoms with Gasteiger partial charge >= 0.3 is 6.09 Å². The molecule has 0 saturated carbocycles. The van der Waals surface area contributed by atoms with E-state index in [0.717, 1.165) is 30.0 Å². The summed E-state index contributed by atoms with van der Waals surface area (Å²) in [5, 5.41) is 7.23. The third kappa shape index (κ3) is 5.23. The molecular weight excluding hydrogens is 366 g/mol. The van der Waals surface area contributed by atoms with Crippen LogP contribution in [0.4, 0.5) is 22.2 Å². The Kier molecular flexibility index (Phi) is 6.34. The zero-order valence-corrected chi connectivity index (χ0v) is 16.3. The number of halogens is 1. The number of aryl methyl sites for hydroxylation is 1. The highest BCUT2D eigenvalue weighted by Crippen LogP contribution is 2.24. The average Bonchev–Trinajstić information content (AvgIpc) is 2.64. The maximum absolute atomic E-state index is 11.8. The first-order valence-electron chi connectivity index (χ1n) is 9.10. The largest absolute Gasteiger partial charge is 0.450 e. The number of rotatable bonds is 5. The number of ether oxygens (including phenoxy) is 1. The van der Waals surface area contributed by atoms with Crippen LogP contribution in [-0.2, 0) is 4.74 Å². The van der Waals surface area contributed by atoms with Gasteiger partial charge in [-0.3, -0.25) is 0 Å². The number of amides is 1. The van der Waals surface area contributed by atoms with Crippen molar-refractivity contribution >= 4 is 35.1 Å². The van der Waals surface area contributed by atoms with Crippen molar-refractivity contribution in [3.63, 3.8) is 0 Å². The Bertz CT molecular complexity index is 793. The van der Waals surface area contributed by atoms with Gasteiger partial charge in [0.2, 0.25) is 5.95 Å². The lowest BCUT2D eigenvalue weighted by Gasteiger charge is -2.31. The minimum Gasteiger partial charge on any atom is -0.450 e. The molecular formula is C19H24ClN5O2. The van der Waals surface area contributed by atoms with E-state index < -0.39 is 0 Å². The number of hydrogen-bond acceptors (Lipinski definition) is 6. The van der Waals surface area contributed by atoms with Gasteiger partial charge in [-0.25, -0.2) is 9.78 Å². The van der Waals surface area contributed by atoms with Crippen molar-refractivity contribution in [2.75, 3.05) is 30.3 Å². The van der Waals surface area contributed by atoms with Crippen molar-refractivity contribution in [2.24, 2.45) is 0 Å². The molecule has 1 aromatic carbocycles. The molecule has 27 heavy (non-hydrogen) atoms. The van der Waals surface area contributed by atoms with Crippen molar-refractivity contribution in [3.05, 3.63) is 41.0 Å². The standard InChI is InChI=1S/C19H24ClN5O2/c1-3-27-19(26)25-10-8-14(9-11-25)22-17-12-13(2)21-18(24-17)23-16-7-5-4-6-15(16)20/h4-7,12,14H,3,8-11H2,1-2H3,(H2,21,22,23,24). The number of piperidine rings is 1. The van der Waals surface area contributed by atoms with Gasteiger partial charge in [0.15, 0.2) is 0 Å². The molecule has 2 N–H and O–H groups in total. The Morgan fingerprint density at radius 1 is 1.30 bits per heavy atom. The summed E-state index contributed by atoms with van der Waals surface area (Å²) in [5.74, 6) is 1.25. The van der Waals surface area contributed by atoms with Crippen LogP contribution in [0.15, 0.2) is 30.3 Å². The number of likely N-dealkylation sites (tertiary alicyclic amines) is 1. The Morgan fingerprint density at radius 3 is 2.74 bits per heavy atom. The topological polar surface area (TPSA) is 79.4 Å². The maximum Gasteiger partial charge on any atom is 0.409 e. The quantitative estimate of drug-likeness (QED) is 0.797. The SMILES string of the molecule is CCOC(=O)N1CCC(Nc2cc(C)nc(Nc3ccccc3Cl)n2)CC1. The van der Waals surface area contributed by atoms with Crippen LogP contribution in [-0.4, -0.2) is 46.7 Å². The summed E-state index contributed by atoms with van der Waals surface area (Å²) in [6.45, 7) is 5.49. The van der Waals surface area contributed by atoms with Crippen molar-refractivity contribution in [1.82, 2.24) is 14.9 Å². The second-order valence-corrected chi connectivity index (χ2v) is 6.83. The number of anilines is 3. The normalized spacial score (nSPS) is 14.7. The minimum atomic E-state index is -0.236. The van der Waals surface area contributed by atoms with E-state index >= 15 is 0 Å². The number of nitrogens with one attached hydrogen (secondary N) is 2. The molecule has 0 spiro atoms. The summed E-state index contributed by atoms with van der Waals surface area (Å²) in [6, 6.07) is 9.64. The van der Waals surface area contributed by atoms with Crippen LogP contribution in [0.5, 0.6) is 0 Å². The summed E-state index contributed by atoms with van der Waals surface area (Å²) < 4.78 is 5.06. The Balaban J connectivity index is 1.62. The highest BCUT2D eigenvalue weighted by Gasteiger charge is 2.23. The molecule has 1 saturated heterocycles. The van der Waals surface area contributed by atoms with E-state index in [9.17, 15) is 4.79 Å². The van der Waals surface area contributed by atoms with Crippen molar-refractivity contribution < 1.29 is 9.53 Å². The zero-order chi connectivity index (χ0) is 19.2. The lowest BCUT2D eigenvalue weighted by Crippen LogP contribution is -2.42. The first kappa shape index (κ1) is 19.2. The molecule has 144 valence electrons. The Labute approximate surface area is 164 Å². The maximum atomic E-state index is 11.8.